The van der Waals surface area contributed by atoms with E-state index < -0.39 is 34.8 Å². The van der Waals surface area contributed by atoms with Crippen molar-refractivity contribution in [2.24, 2.45) is 11.0 Å². The molecule has 1 heterocycles. The number of nitro groups is 1. The van der Waals surface area contributed by atoms with Crippen LogP contribution in [0.4, 0.5) is 18.9 Å². The molecule has 0 bridgehead atoms. The van der Waals surface area contributed by atoms with Crippen LogP contribution < -0.4 is 0 Å². The van der Waals surface area contributed by atoms with E-state index in [0.29, 0.717) is 12.8 Å². The summed E-state index contributed by atoms with van der Waals surface area (Å²) in [6.07, 6.45) is -4.60. The Balaban J connectivity index is 2.05. The number of hydrogen-bond acceptors (Lipinski definition) is 5. The van der Waals surface area contributed by atoms with Gasteiger partial charge in [0.1, 0.15) is 0 Å². The number of halogens is 3. The summed E-state index contributed by atoms with van der Waals surface area (Å²) >= 11 is 0. The van der Waals surface area contributed by atoms with E-state index in [1.54, 1.807) is 0 Å². The van der Waals surface area contributed by atoms with E-state index in [9.17, 15) is 33.2 Å². The minimum absolute atomic E-state index is 0.0205. The topological polar surface area (TPSA) is 96.0 Å². The first-order chi connectivity index (χ1) is 11.6. The number of rotatable bonds is 3. The predicted octanol–water partition coefficient (Wildman–Crippen LogP) is 2.77. The van der Waals surface area contributed by atoms with Crippen LogP contribution in [0.2, 0.25) is 0 Å². The monoisotopic (exact) mass is 357 g/mol. The van der Waals surface area contributed by atoms with Crippen LogP contribution in [0.1, 0.15) is 35.2 Å². The Morgan fingerprint density at radius 2 is 2.08 bits per heavy atom. The lowest BCUT2D eigenvalue weighted by atomic mass is 10.0. The molecule has 2 aliphatic rings. The van der Waals surface area contributed by atoms with E-state index in [1.807, 2.05) is 0 Å². The summed E-state index contributed by atoms with van der Waals surface area (Å²) in [7, 11) is 0. The zero-order valence-corrected chi connectivity index (χ0v) is 13.1. The first-order valence-corrected chi connectivity index (χ1v) is 7.51. The number of hydrazone groups is 1. The Labute approximate surface area is 139 Å². The maximum Gasteiger partial charge on any atom is 0.438 e. The van der Waals surface area contributed by atoms with Gasteiger partial charge in [0.05, 0.1) is 10.5 Å². The number of carbonyl (C=O) groups is 1. The van der Waals surface area contributed by atoms with Gasteiger partial charge in [-0.05, 0) is 31.7 Å². The number of amides is 1. The third-order valence-corrected chi connectivity index (χ3v) is 4.43. The molecule has 1 fully saturated rings. The molecule has 0 radical (unpaired) electrons. The second-order valence-electron chi connectivity index (χ2n) is 6.18. The fourth-order valence-corrected chi connectivity index (χ4v) is 2.82. The van der Waals surface area contributed by atoms with Crippen molar-refractivity contribution in [1.82, 2.24) is 5.01 Å². The molecule has 10 heteroatoms. The summed E-state index contributed by atoms with van der Waals surface area (Å²) in [5.41, 5.74) is -4.11. The van der Waals surface area contributed by atoms with E-state index in [4.69, 9.17) is 0 Å². The Morgan fingerprint density at radius 3 is 2.60 bits per heavy atom. The lowest BCUT2D eigenvalue weighted by Gasteiger charge is -2.32. The first-order valence-electron chi connectivity index (χ1n) is 7.51. The van der Waals surface area contributed by atoms with E-state index >= 15 is 0 Å². The molecule has 1 aromatic rings. The average Bonchev–Trinajstić information content (AvgIpc) is 3.29. The molecule has 1 amide bonds. The van der Waals surface area contributed by atoms with Crippen molar-refractivity contribution in [2.45, 2.75) is 38.1 Å². The zero-order chi connectivity index (χ0) is 18.6. The van der Waals surface area contributed by atoms with Crippen LogP contribution in [0.25, 0.3) is 0 Å². The van der Waals surface area contributed by atoms with Crippen molar-refractivity contribution in [1.29, 1.82) is 0 Å². The quantitative estimate of drug-likeness (QED) is 0.664. The van der Waals surface area contributed by atoms with Gasteiger partial charge >= 0.3 is 6.18 Å². The van der Waals surface area contributed by atoms with Crippen LogP contribution >= 0.6 is 0 Å². The first kappa shape index (κ1) is 17.3. The number of hydrogen-bond donors (Lipinski definition) is 1. The molecule has 3 rings (SSSR count). The smallest absolute Gasteiger partial charge is 0.362 e. The molecule has 1 aliphatic heterocycles. The van der Waals surface area contributed by atoms with E-state index in [1.165, 1.54) is 19.1 Å². The van der Waals surface area contributed by atoms with Gasteiger partial charge in [-0.1, -0.05) is 6.07 Å². The third-order valence-electron chi connectivity index (χ3n) is 4.43. The highest BCUT2D eigenvalue weighted by molar-refractivity contribution is 6.00. The van der Waals surface area contributed by atoms with Crippen LogP contribution in [0, 0.1) is 23.0 Å². The van der Waals surface area contributed by atoms with Gasteiger partial charge in [0, 0.05) is 23.8 Å². The lowest BCUT2D eigenvalue weighted by molar-refractivity contribution is -0.385. The Kier molecular flexibility index (Phi) is 3.82. The molecule has 0 unspecified atom stereocenters. The average molecular weight is 357 g/mol. The summed E-state index contributed by atoms with van der Waals surface area (Å²) in [4.78, 5) is 22.9. The molecule has 7 nitrogen and oxygen atoms in total. The molecule has 0 saturated heterocycles. The van der Waals surface area contributed by atoms with Crippen LogP contribution in [0.3, 0.4) is 0 Å². The number of nitrogens with zero attached hydrogens (tertiary/aromatic N) is 3. The second kappa shape index (κ2) is 5.51. The number of aliphatic hydroxyl groups is 1. The summed E-state index contributed by atoms with van der Waals surface area (Å²) < 4.78 is 40.2. The third kappa shape index (κ3) is 2.76. The summed E-state index contributed by atoms with van der Waals surface area (Å²) in [6, 6.07) is 3.52. The van der Waals surface area contributed by atoms with Gasteiger partial charge in [0.2, 0.25) is 0 Å². The molecule has 1 atom stereocenters. The molecule has 134 valence electrons. The minimum atomic E-state index is -5.11. The minimum Gasteiger partial charge on any atom is -0.362 e. The maximum atomic E-state index is 13.4. The number of carbonyl (C=O) groups excluding carboxylic acids is 1. The number of nitro benzene ring substituents is 1. The number of benzene rings is 1. The Hall–Kier alpha value is -2.49. The lowest BCUT2D eigenvalue weighted by Crippen LogP contribution is -2.56. The van der Waals surface area contributed by atoms with Crippen molar-refractivity contribution in [3.63, 3.8) is 0 Å². The van der Waals surface area contributed by atoms with Gasteiger partial charge < -0.3 is 5.11 Å². The molecule has 1 aromatic carbocycles. The van der Waals surface area contributed by atoms with E-state index in [2.05, 4.69) is 5.10 Å². The van der Waals surface area contributed by atoms with Crippen LogP contribution in [-0.4, -0.2) is 38.6 Å². The summed E-state index contributed by atoms with van der Waals surface area (Å²) in [6.45, 7) is 1.26. The molecular weight excluding hydrogens is 343 g/mol. The fraction of sp³-hybridized carbons (Fsp3) is 0.467. The zero-order valence-electron chi connectivity index (χ0n) is 13.1. The van der Waals surface area contributed by atoms with Gasteiger partial charge in [0.25, 0.3) is 17.3 Å². The SMILES string of the molecule is Cc1c(C(=O)N2N=C(C3CC3)C[C@]2(O)C(F)(F)F)cccc1[N+](=O)[O-]. The largest absolute Gasteiger partial charge is 0.438 e. The summed E-state index contributed by atoms with van der Waals surface area (Å²) in [5.74, 6) is -1.39. The van der Waals surface area contributed by atoms with Gasteiger partial charge in [0.15, 0.2) is 0 Å². The molecule has 1 N–H and O–H groups in total. The van der Waals surface area contributed by atoms with Crippen molar-refractivity contribution >= 4 is 17.3 Å². The second-order valence-corrected chi connectivity index (χ2v) is 6.18. The van der Waals surface area contributed by atoms with Gasteiger partial charge in [-0.15, -0.1) is 0 Å². The molecule has 1 aliphatic carbocycles. The number of alkyl halides is 3. The van der Waals surface area contributed by atoms with Crippen molar-refractivity contribution in [3.05, 3.63) is 39.4 Å². The molecule has 25 heavy (non-hydrogen) atoms. The predicted molar refractivity (Wildman–Crippen MR) is 79.8 cm³/mol. The summed E-state index contributed by atoms with van der Waals surface area (Å²) in [5, 5.41) is 24.9. The van der Waals surface area contributed by atoms with Gasteiger partial charge in [-0.2, -0.15) is 23.3 Å². The Bertz CT molecular complexity index is 789. The molecule has 1 saturated carbocycles. The molecular formula is C15H14F3N3O4. The van der Waals surface area contributed by atoms with Crippen molar-refractivity contribution < 1.29 is 28.0 Å². The molecule has 0 aromatic heterocycles. The van der Waals surface area contributed by atoms with Gasteiger partial charge in [-0.3, -0.25) is 14.9 Å². The van der Waals surface area contributed by atoms with Crippen LogP contribution in [-0.2, 0) is 0 Å². The highest BCUT2D eigenvalue weighted by Crippen LogP contribution is 2.45. The highest BCUT2D eigenvalue weighted by Gasteiger charge is 2.64. The van der Waals surface area contributed by atoms with E-state index in [0.717, 1.165) is 6.07 Å². The van der Waals surface area contributed by atoms with E-state index in [-0.39, 0.29) is 27.8 Å². The highest BCUT2D eigenvalue weighted by atomic mass is 19.4. The van der Waals surface area contributed by atoms with Crippen LogP contribution in [0.15, 0.2) is 23.3 Å². The van der Waals surface area contributed by atoms with Crippen LogP contribution in [0.5, 0.6) is 0 Å². The Morgan fingerprint density at radius 1 is 1.44 bits per heavy atom. The fourth-order valence-electron chi connectivity index (χ4n) is 2.82. The van der Waals surface area contributed by atoms with Crippen molar-refractivity contribution in [2.75, 3.05) is 0 Å². The van der Waals surface area contributed by atoms with Crippen molar-refractivity contribution in [3.8, 4) is 0 Å². The maximum absolute atomic E-state index is 13.4. The standard InChI is InChI=1S/C15H14F3N3O4/c1-8-10(3-2-4-12(8)21(24)25)13(22)20-14(23,15(16,17)18)7-11(19-20)9-5-6-9/h2-4,9,23H,5-7H2,1H3/t14-/m0/s1. The normalized spacial score (nSPS) is 23.6. The molecule has 0 spiro atoms. The van der Waals surface area contributed by atoms with Gasteiger partial charge in [-0.25, -0.2) is 0 Å².